The van der Waals surface area contributed by atoms with E-state index in [4.69, 9.17) is 0 Å². The van der Waals surface area contributed by atoms with E-state index in [1.807, 2.05) is 6.92 Å². The first-order valence-corrected chi connectivity index (χ1v) is 5.44. The molecule has 4 amide bonds. The molecule has 5 nitrogen and oxygen atoms in total. The summed E-state index contributed by atoms with van der Waals surface area (Å²) in [6.07, 6.45) is 1.89. The summed E-state index contributed by atoms with van der Waals surface area (Å²) in [4.78, 5) is 24.9. The average molecular weight is 231 g/mol. The number of hydrogen-bond donors (Lipinski definition) is 2. The number of thiol groups is 1. The zero-order chi connectivity index (χ0) is 11.6. The molecule has 1 aliphatic rings. The number of imide groups is 1. The summed E-state index contributed by atoms with van der Waals surface area (Å²) < 4.78 is 0. The zero-order valence-electron chi connectivity index (χ0n) is 9.28. The highest BCUT2D eigenvalue weighted by Gasteiger charge is 2.41. The fraction of sp³-hybridized carbons (Fsp3) is 0.778. The maximum atomic E-state index is 11.8. The van der Waals surface area contributed by atoms with Gasteiger partial charge < -0.3 is 5.32 Å². The van der Waals surface area contributed by atoms with Crippen LogP contribution < -0.4 is 5.32 Å². The lowest BCUT2D eigenvalue weighted by atomic mass is 10.3. The molecular weight excluding hydrogens is 214 g/mol. The Bertz CT molecular complexity index is 281. The first-order chi connectivity index (χ1) is 6.90. The largest absolute Gasteiger partial charge is 0.330 e. The third-order valence-corrected chi connectivity index (χ3v) is 2.78. The maximum absolute atomic E-state index is 11.8. The van der Waals surface area contributed by atoms with Crippen LogP contribution >= 0.6 is 12.6 Å². The molecule has 1 saturated heterocycles. The fourth-order valence-corrected chi connectivity index (χ4v) is 1.72. The van der Waals surface area contributed by atoms with Gasteiger partial charge in [-0.1, -0.05) is 13.3 Å². The number of unbranched alkanes of at least 4 members (excludes halogenated alkanes) is 1. The number of hydrogen-bond acceptors (Lipinski definition) is 3. The van der Waals surface area contributed by atoms with Crippen LogP contribution in [0.1, 0.15) is 26.7 Å². The minimum atomic E-state index is -0.893. The van der Waals surface area contributed by atoms with Crippen LogP contribution in [0.4, 0.5) is 9.59 Å². The van der Waals surface area contributed by atoms with Crippen molar-refractivity contribution in [3.63, 3.8) is 0 Å². The van der Waals surface area contributed by atoms with Crippen molar-refractivity contribution in [3.05, 3.63) is 0 Å². The molecule has 0 aromatic heterocycles. The Morgan fingerprint density at radius 2 is 2.07 bits per heavy atom. The Balaban J connectivity index is 2.81. The van der Waals surface area contributed by atoms with E-state index >= 15 is 0 Å². The predicted molar refractivity (Wildman–Crippen MR) is 60.7 cm³/mol. The van der Waals surface area contributed by atoms with E-state index in [-0.39, 0.29) is 6.03 Å². The van der Waals surface area contributed by atoms with Gasteiger partial charge in [-0.15, -0.1) is 12.6 Å². The van der Waals surface area contributed by atoms with Crippen LogP contribution in [0, 0.1) is 0 Å². The SMILES string of the molecule is CCCCN1C(=O)N(C)C(=O)NC1(C)S. The quantitative estimate of drug-likeness (QED) is 0.723. The van der Waals surface area contributed by atoms with Crippen LogP contribution in [-0.2, 0) is 0 Å². The second-order valence-electron chi connectivity index (χ2n) is 3.80. The van der Waals surface area contributed by atoms with Gasteiger partial charge in [-0.2, -0.15) is 0 Å². The Labute approximate surface area is 95.2 Å². The van der Waals surface area contributed by atoms with Crippen molar-refractivity contribution in [2.75, 3.05) is 13.6 Å². The third kappa shape index (κ3) is 2.37. The van der Waals surface area contributed by atoms with Crippen LogP contribution in [0.15, 0.2) is 0 Å². The molecular formula is C9H17N3O2S. The lowest BCUT2D eigenvalue weighted by Gasteiger charge is -2.44. The summed E-state index contributed by atoms with van der Waals surface area (Å²) >= 11 is 4.29. The number of carbonyl (C=O) groups is 2. The van der Waals surface area contributed by atoms with Crippen LogP contribution in [0.5, 0.6) is 0 Å². The Morgan fingerprint density at radius 3 is 2.60 bits per heavy atom. The maximum Gasteiger partial charge on any atom is 0.330 e. The van der Waals surface area contributed by atoms with Crippen LogP contribution in [-0.4, -0.2) is 40.4 Å². The summed E-state index contributed by atoms with van der Waals surface area (Å²) in [7, 11) is 1.46. The molecule has 1 atom stereocenters. The molecule has 0 saturated carbocycles. The van der Waals surface area contributed by atoms with Crippen molar-refractivity contribution in [2.45, 2.75) is 31.7 Å². The number of carbonyl (C=O) groups excluding carboxylic acids is 2. The van der Waals surface area contributed by atoms with E-state index in [1.165, 1.54) is 7.05 Å². The third-order valence-electron chi connectivity index (χ3n) is 2.43. The van der Waals surface area contributed by atoms with Gasteiger partial charge in [0.15, 0.2) is 4.99 Å². The summed E-state index contributed by atoms with van der Waals surface area (Å²) in [6.45, 7) is 4.35. The van der Waals surface area contributed by atoms with E-state index in [2.05, 4.69) is 17.9 Å². The molecule has 0 spiro atoms. The van der Waals surface area contributed by atoms with Gasteiger partial charge in [-0.3, -0.25) is 4.90 Å². The van der Waals surface area contributed by atoms with Crippen LogP contribution in [0.3, 0.4) is 0 Å². The molecule has 6 heteroatoms. The highest BCUT2D eigenvalue weighted by molar-refractivity contribution is 7.81. The normalized spacial score (nSPS) is 26.9. The highest BCUT2D eigenvalue weighted by atomic mass is 32.1. The molecule has 0 radical (unpaired) electrons. The topological polar surface area (TPSA) is 52.7 Å². The molecule has 0 bridgehead atoms. The first kappa shape index (κ1) is 12.2. The van der Waals surface area contributed by atoms with Crippen molar-refractivity contribution in [1.82, 2.24) is 15.1 Å². The molecule has 0 aromatic carbocycles. The Hall–Kier alpha value is -0.910. The van der Waals surface area contributed by atoms with Crippen molar-refractivity contribution in [3.8, 4) is 0 Å². The molecule has 1 unspecified atom stereocenters. The molecule has 1 N–H and O–H groups in total. The van der Waals surface area contributed by atoms with Crippen LogP contribution in [0.2, 0.25) is 0 Å². The summed E-state index contributed by atoms with van der Waals surface area (Å²) in [5, 5.41) is 2.65. The second kappa shape index (κ2) is 4.30. The van der Waals surface area contributed by atoms with Gasteiger partial charge in [-0.05, 0) is 13.3 Å². The van der Waals surface area contributed by atoms with Crippen molar-refractivity contribution in [2.24, 2.45) is 0 Å². The summed E-state index contributed by atoms with van der Waals surface area (Å²) in [5.74, 6) is 0. The molecule has 0 aliphatic carbocycles. The minimum Gasteiger partial charge on any atom is -0.306 e. The van der Waals surface area contributed by atoms with Gasteiger partial charge in [0.25, 0.3) is 0 Å². The van der Waals surface area contributed by atoms with E-state index in [0.29, 0.717) is 6.54 Å². The molecule has 1 fully saturated rings. The average Bonchev–Trinajstić information content (AvgIpc) is 2.14. The number of rotatable bonds is 3. The number of nitrogens with one attached hydrogen (secondary N) is 1. The van der Waals surface area contributed by atoms with Gasteiger partial charge >= 0.3 is 12.1 Å². The van der Waals surface area contributed by atoms with Crippen LogP contribution in [0.25, 0.3) is 0 Å². The standard InChI is InChI=1S/C9H17N3O2S/c1-4-5-6-12-8(14)11(3)7(13)10-9(12,2)15/h15H,4-6H2,1-3H3,(H,10,13). The lowest BCUT2D eigenvalue weighted by Crippen LogP contribution is -2.68. The molecule has 1 aliphatic heterocycles. The highest BCUT2D eigenvalue weighted by Crippen LogP contribution is 2.23. The van der Waals surface area contributed by atoms with Gasteiger partial charge in [0.1, 0.15) is 0 Å². The summed E-state index contributed by atoms with van der Waals surface area (Å²) in [5.41, 5.74) is 0. The predicted octanol–water partition coefficient (Wildman–Crippen LogP) is 1.47. The van der Waals surface area contributed by atoms with Crippen molar-refractivity contribution < 1.29 is 9.59 Å². The van der Waals surface area contributed by atoms with Gasteiger partial charge in [0, 0.05) is 13.6 Å². The van der Waals surface area contributed by atoms with E-state index in [0.717, 1.165) is 17.7 Å². The van der Waals surface area contributed by atoms with E-state index in [1.54, 1.807) is 11.8 Å². The number of urea groups is 2. The zero-order valence-corrected chi connectivity index (χ0v) is 10.2. The number of amides is 4. The second-order valence-corrected chi connectivity index (χ2v) is 4.67. The first-order valence-electron chi connectivity index (χ1n) is 5.00. The molecule has 15 heavy (non-hydrogen) atoms. The van der Waals surface area contributed by atoms with Crippen molar-refractivity contribution in [1.29, 1.82) is 0 Å². The monoisotopic (exact) mass is 231 g/mol. The smallest absolute Gasteiger partial charge is 0.306 e. The van der Waals surface area contributed by atoms with E-state index < -0.39 is 11.0 Å². The Morgan fingerprint density at radius 1 is 1.47 bits per heavy atom. The molecule has 0 aromatic rings. The number of nitrogens with zero attached hydrogens (tertiary/aromatic N) is 2. The van der Waals surface area contributed by atoms with Crippen molar-refractivity contribution >= 4 is 24.7 Å². The molecule has 1 rings (SSSR count). The minimum absolute atomic E-state index is 0.301. The van der Waals surface area contributed by atoms with Gasteiger partial charge in [0.05, 0.1) is 0 Å². The molecule has 1 heterocycles. The fourth-order valence-electron chi connectivity index (χ4n) is 1.44. The van der Waals surface area contributed by atoms with E-state index in [9.17, 15) is 9.59 Å². The summed E-state index contributed by atoms with van der Waals surface area (Å²) in [6, 6.07) is -0.713. The molecule has 86 valence electrons. The van der Waals surface area contributed by atoms with Gasteiger partial charge in [0.2, 0.25) is 0 Å². The Kier molecular flexibility index (Phi) is 3.49. The lowest BCUT2D eigenvalue weighted by molar-refractivity contribution is 0.103. The van der Waals surface area contributed by atoms with Gasteiger partial charge in [-0.25, -0.2) is 14.5 Å².